The number of rotatable bonds is 4. The SMILES string of the molecule is CCOC(=O)OC1CCC2C(=O)N(c3cc(OC)c(Cl)cc3F)C(=O)N2C1. The Morgan fingerprint density at radius 1 is 1.33 bits per heavy atom. The van der Waals surface area contributed by atoms with Gasteiger partial charge in [0.25, 0.3) is 5.91 Å². The molecule has 2 aliphatic rings. The molecular formula is C17H18ClFN2O6. The lowest BCUT2D eigenvalue weighted by atomic mass is 10.0. The normalized spacial score (nSPS) is 21.9. The van der Waals surface area contributed by atoms with E-state index in [-0.39, 0.29) is 36.0 Å². The average Bonchev–Trinajstić information content (AvgIpc) is 2.86. The van der Waals surface area contributed by atoms with Crippen molar-refractivity contribution in [2.45, 2.75) is 31.9 Å². The quantitative estimate of drug-likeness (QED) is 0.570. The van der Waals surface area contributed by atoms with Crippen molar-refractivity contribution in [3.63, 3.8) is 0 Å². The van der Waals surface area contributed by atoms with Gasteiger partial charge in [0.05, 0.1) is 31.0 Å². The van der Waals surface area contributed by atoms with Gasteiger partial charge in [0, 0.05) is 6.07 Å². The van der Waals surface area contributed by atoms with Gasteiger partial charge in [0.1, 0.15) is 23.7 Å². The highest BCUT2D eigenvalue weighted by molar-refractivity contribution is 6.32. The fourth-order valence-corrected chi connectivity index (χ4v) is 3.46. The van der Waals surface area contributed by atoms with E-state index in [4.69, 9.17) is 25.8 Å². The fraction of sp³-hybridized carbons (Fsp3) is 0.471. The number of hydrogen-bond acceptors (Lipinski definition) is 6. The molecular weight excluding hydrogens is 383 g/mol. The van der Waals surface area contributed by atoms with E-state index in [0.717, 1.165) is 11.0 Å². The molecule has 0 aliphatic carbocycles. The third-order valence-corrected chi connectivity index (χ3v) is 4.76. The zero-order valence-corrected chi connectivity index (χ0v) is 15.5. The molecule has 10 heteroatoms. The number of carbonyl (C=O) groups is 3. The molecule has 0 N–H and O–H groups in total. The Hall–Kier alpha value is -2.55. The van der Waals surface area contributed by atoms with Crippen LogP contribution in [0.4, 0.5) is 19.7 Å². The highest BCUT2D eigenvalue weighted by atomic mass is 35.5. The van der Waals surface area contributed by atoms with Gasteiger partial charge in [-0.2, -0.15) is 0 Å². The van der Waals surface area contributed by atoms with Crippen LogP contribution in [0.25, 0.3) is 0 Å². The second-order valence-corrected chi connectivity index (χ2v) is 6.47. The number of halogens is 2. The van der Waals surface area contributed by atoms with Crippen molar-refractivity contribution < 1.29 is 33.0 Å². The van der Waals surface area contributed by atoms with Gasteiger partial charge in [-0.25, -0.2) is 18.9 Å². The van der Waals surface area contributed by atoms with Crippen LogP contribution in [0.15, 0.2) is 12.1 Å². The Morgan fingerprint density at radius 3 is 2.74 bits per heavy atom. The number of piperidine rings is 1. The molecule has 146 valence electrons. The van der Waals surface area contributed by atoms with E-state index < -0.39 is 36.1 Å². The molecule has 0 bridgehead atoms. The topological polar surface area (TPSA) is 85.4 Å². The minimum absolute atomic E-state index is 0.0247. The largest absolute Gasteiger partial charge is 0.508 e. The van der Waals surface area contributed by atoms with Crippen LogP contribution >= 0.6 is 11.6 Å². The first-order valence-corrected chi connectivity index (χ1v) is 8.76. The molecule has 1 aromatic rings. The van der Waals surface area contributed by atoms with Crippen LogP contribution in [0.3, 0.4) is 0 Å². The van der Waals surface area contributed by atoms with Gasteiger partial charge in [0.2, 0.25) is 0 Å². The number of imide groups is 1. The Labute approximate surface area is 159 Å². The summed E-state index contributed by atoms with van der Waals surface area (Å²) in [5.41, 5.74) is -0.233. The molecule has 2 heterocycles. The molecule has 0 saturated carbocycles. The monoisotopic (exact) mass is 400 g/mol. The van der Waals surface area contributed by atoms with Crippen molar-refractivity contribution in [3.8, 4) is 5.75 Å². The minimum Gasteiger partial charge on any atom is -0.495 e. The second kappa shape index (κ2) is 7.59. The van der Waals surface area contributed by atoms with Crippen molar-refractivity contribution in [3.05, 3.63) is 23.0 Å². The summed E-state index contributed by atoms with van der Waals surface area (Å²) in [6.07, 6.45) is -0.748. The number of hydrogen-bond donors (Lipinski definition) is 0. The number of nitrogens with zero attached hydrogens (tertiary/aromatic N) is 2. The Bertz CT molecular complexity index is 789. The summed E-state index contributed by atoms with van der Waals surface area (Å²) >= 11 is 5.87. The van der Waals surface area contributed by atoms with Crippen LogP contribution in [0.1, 0.15) is 19.8 Å². The summed E-state index contributed by atoms with van der Waals surface area (Å²) in [7, 11) is 1.34. The van der Waals surface area contributed by atoms with Gasteiger partial charge < -0.3 is 19.1 Å². The van der Waals surface area contributed by atoms with Crippen LogP contribution in [0.5, 0.6) is 5.75 Å². The number of ether oxygens (including phenoxy) is 3. The Kier molecular flexibility index (Phi) is 5.41. The number of methoxy groups -OCH3 is 1. The second-order valence-electron chi connectivity index (χ2n) is 6.06. The molecule has 2 fully saturated rings. The lowest BCUT2D eigenvalue weighted by Gasteiger charge is -2.31. The predicted molar refractivity (Wildman–Crippen MR) is 92.5 cm³/mol. The highest BCUT2D eigenvalue weighted by Gasteiger charge is 2.50. The third kappa shape index (κ3) is 3.51. The number of amides is 3. The van der Waals surface area contributed by atoms with E-state index in [1.54, 1.807) is 6.92 Å². The maximum atomic E-state index is 14.4. The number of fused-ring (bicyclic) bond motifs is 1. The predicted octanol–water partition coefficient (Wildman–Crippen LogP) is 2.96. The highest BCUT2D eigenvalue weighted by Crippen LogP contribution is 2.37. The van der Waals surface area contributed by atoms with Crippen LogP contribution in [0, 0.1) is 5.82 Å². The van der Waals surface area contributed by atoms with Gasteiger partial charge in [0.15, 0.2) is 0 Å². The molecule has 2 aliphatic heterocycles. The van der Waals surface area contributed by atoms with E-state index in [0.29, 0.717) is 6.42 Å². The molecule has 0 spiro atoms. The number of urea groups is 1. The summed E-state index contributed by atoms with van der Waals surface area (Å²) in [5.74, 6) is -1.22. The molecule has 3 amide bonds. The molecule has 0 radical (unpaired) electrons. The maximum Gasteiger partial charge on any atom is 0.508 e. The van der Waals surface area contributed by atoms with Gasteiger partial charge in [-0.3, -0.25) is 4.79 Å². The van der Waals surface area contributed by atoms with E-state index in [1.165, 1.54) is 18.1 Å². The molecule has 27 heavy (non-hydrogen) atoms. The summed E-state index contributed by atoms with van der Waals surface area (Å²) in [6.45, 7) is 1.84. The lowest BCUT2D eigenvalue weighted by Crippen LogP contribution is -2.46. The minimum atomic E-state index is -0.829. The first kappa shape index (κ1) is 19.2. The standard InChI is InChI=1S/C17H18ClFN2O6/c1-3-26-17(24)27-9-4-5-12-15(22)21(16(23)20(12)8-9)13-7-14(25-2)10(18)6-11(13)19/h6-7,9,12H,3-5,8H2,1-2H3. The van der Waals surface area contributed by atoms with Gasteiger partial charge in [-0.15, -0.1) is 0 Å². The summed E-state index contributed by atoms with van der Waals surface area (Å²) in [4.78, 5) is 39.0. The summed E-state index contributed by atoms with van der Waals surface area (Å²) < 4.78 is 29.3. The number of carbonyl (C=O) groups excluding carboxylic acids is 3. The first-order chi connectivity index (χ1) is 12.9. The van der Waals surface area contributed by atoms with Crippen LogP contribution in [0.2, 0.25) is 5.02 Å². The molecule has 8 nitrogen and oxygen atoms in total. The van der Waals surface area contributed by atoms with Gasteiger partial charge in [-0.1, -0.05) is 11.6 Å². The zero-order valence-electron chi connectivity index (χ0n) is 14.7. The first-order valence-electron chi connectivity index (χ1n) is 8.38. The number of benzene rings is 1. The summed E-state index contributed by atoms with van der Waals surface area (Å²) in [6, 6.07) is 0.768. The van der Waals surface area contributed by atoms with Crippen molar-refractivity contribution in [2.24, 2.45) is 0 Å². The van der Waals surface area contributed by atoms with Crippen molar-refractivity contribution >= 4 is 35.4 Å². The molecule has 2 atom stereocenters. The Balaban J connectivity index is 1.83. The van der Waals surface area contributed by atoms with Gasteiger partial charge in [-0.05, 0) is 25.8 Å². The Morgan fingerprint density at radius 2 is 2.07 bits per heavy atom. The van der Waals surface area contributed by atoms with Crippen molar-refractivity contribution in [2.75, 3.05) is 25.2 Å². The molecule has 2 saturated heterocycles. The van der Waals surface area contributed by atoms with Gasteiger partial charge >= 0.3 is 12.2 Å². The van der Waals surface area contributed by atoms with E-state index in [2.05, 4.69) is 0 Å². The smallest absolute Gasteiger partial charge is 0.495 e. The van der Waals surface area contributed by atoms with Crippen LogP contribution < -0.4 is 9.64 Å². The zero-order chi connectivity index (χ0) is 19.7. The van der Waals surface area contributed by atoms with E-state index in [1.807, 2.05) is 0 Å². The molecule has 0 aromatic heterocycles. The maximum absolute atomic E-state index is 14.4. The van der Waals surface area contributed by atoms with E-state index >= 15 is 0 Å². The van der Waals surface area contributed by atoms with E-state index in [9.17, 15) is 18.8 Å². The number of anilines is 1. The van der Waals surface area contributed by atoms with Crippen molar-refractivity contribution in [1.29, 1.82) is 0 Å². The molecule has 2 unspecified atom stereocenters. The molecule has 3 rings (SSSR count). The lowest BCUT2D eigenvalue weighted by molar-refractivity contribution is -0.121. The van der Waals surface area contributed by atoms with Crippen molar-refractivity contribution in [1.82, 2.24) is 4.90 Å². The fourth-order valence-electron chi connectivity index (χ4n) is 3.23. The third-order valence-electron chi connectivity index (χ3n) is 4.47. The summed E-state index contributed by atoms with van der Waals surface area (Å²) in [5, 5.41) is 0.0264. The van der Waals surface area contributed by atoms with Crippen LogP contribution in [-0.4, -0.2) is 55.4 Å². The average molecular weight is 401 g/mol. The van der Waals surface area contributed by atoms with Crippen LogP contribution in [-0.2, 0) is 14.3 Å². The molecule has 1 aromatic carbocycles.